The van der Waals surface area contributed by atoms with Gasteiger partial charge in [-0.15, -0.1) is 0 Å². The van der Waals surface area contributed by atoms with Crippen molar-refractivity contribution in [2.75, 3.05) is 0 Å². The third-order valence-corrected chi connectivity index (χ3v) is 1.93. The van der Waals surface area contributed by atoms with Crippen LogP contribution in [-0.2, 0) is 4.79 Å². The first-order valence-corrected chi connectivity index (χ1v) is 4.35. The lowest BCUT2D eigenvalue weighted by molar-refractivity contribution is -0.155. The minimum absolute atomic E-state index is 0.206. The molecule has 0 saturated carbocycles. The summed E-state index contributed by atoms with van der Waals surface area (Å²) >= 11 is 0. The van der Waals surface area contributed by atoms with Gasteiger partial charge in [-0.2, -0.15) is 0 Å². The Morgan fingerprint density at radius 2 is 2.07 bits per heavy atom. The van der Waals surface area contributed by atoms with Gasteiger partial charge in [-0.3, -0.25) is 5.73 Å². The van der Waals surface area contributed by atoms with Crippen molar-refractivity contribution in [2.45, 2.75) is 19.1 Å². The summed E-state index contributed by atoms with van der Waals surface area (Å²) in [6.45, 7) is 1.66. The fourth-order valence-electron chi connectivity index (χ4n) is 0.966. The molecule has 0 fully saturated rings. The van der Waals surface area contributed by atoms with Crippen molar-refractivity contribution < 1.29 is 14.6 Å². The number of ether oxygens (including phenoxy) is 1. The molecule has 14 heavy (non-hydrogen) atoms. The highest BCUT2D eigenvalue weighted by molar-refractivity contribution is 5.76. The van der Waals surface area contributed by atoms with Crippen molar-refractivity contribution in [2.24, 2.45) is 5.73 Å². The van der Waals surface area contributed by atoms with Crippen molar-refractivity contribution in [1.82, 2.24) is 0 Å². The lowest BCUT2D eigenvalue weighted by atomic mass is 10.2. The fourth-order valence-corrected chi connectivity index (χ4v) is 0.966. The maximum atomic E-state index is 10.8. The topological polar surface area (TPSA) is 72.5 Å². The van der Waals surface area contributed by atoms with Gasteiger partial charge in [0.15, 0.2) is 0 Å². The van der Waals surface area contributed by atoms with Gasteiger partial charge in [0.05, 0.1) is 0 Å². The Hall–Kier alpha value is -1.55. The highest BCUT2D eigenvalue weighted by Crippen LogP contribution is 2.17. The SMILES string of the molecule is CCC(N)(Oc1ccccc1)C(=O)O. The van der Waals surface area contributed by atoms with Crippen LogP contribution < -0.4 is 10.5 Å². The van der Waals surface area contributed by atoms with Crippen molar-refractivity contribution in [1.29, 1.82) is 0 Å². The number of rotatable bonds is 4. The van der Waals surface area contributed by atoms with Crippen LogP contribution in [0.15, 0.2) is 30.3 Å². The van der Waals surface area contributed by atoms with Crippen LogP contribution in [0.5, 0.6) is 5.75 Å². The van der Waals surface area contributed by atoms with E-state index in [2.05, 4.69) is 0 Å². The highest BCUT2D eigenvalue weighted by atomic mass is 16.5. The molecular weight excluding hydrogens is 182 g/mol. The molecule has 0 amide bonds. The molecule has 4 nitrogen and oxygen atoms in total. The number of para-hydroxylation sites is 1. The molecular formula is C10H13NO3. The summed E-state index contributed by atoms with van der Waals surface area (Å²) in [7, 11) is 0. The van der Waals surface area contributed by atoms with E-state index in [0.717, 1.165) is 0 Å². The molecule has 0 bridgehead atoms. The zero-order valence-corrected chi connectivity index (χ0v) is 7.93. The van der Waals surface area contributed by atoms with E-state index in [1.54, 1.807) is 31.2 Å². The summed E-state index contributed by atoms with van der Waals surface area (Å²) in [5.74, 6) is -0.705. The van der Waals surface area contributed by atoms with E-state index in [9.17, 15) is 4.79 Å². The van der Waals surface area contributed by atoms with Crippen molar-refractivity contribution >= 4 is 5.97 Å². The Morgan fingerprint density at radius 3 is 2.50 bits per heavy atom. The number of carboxylic acid groups (broad SMARTS) is 1. The van der Waals surface area contributed by atoms with Gasteiger partial charge in [0.1, 0.15) is 5.75 Å². The molecule has 0 saturated heterocycles. The number of hydrogen-bond acceptors (Lipinski definition) is 3. The van der Waals surface area contributed by atoms with Gasteiger partial charge in [0.25, 0.3) is 5.72 Å². The van der Waals surface area contributed by atoms with Crippen LogP contribution in [0, 0.1) is 0 Å². The lowest BCUT2D eigenvalue weighted by Crippen LogP contribution is -2.52. The number of hydrogen-bond donors (Lipinski definition) is 2. The number of nitrogens with two attached hydrogens (primary N) is 1. The molecule has 1 atom stereocenters. The van der Waals surface area contributed by atoms with Crippen LogP contribution in [0.1, 0.15) is 13.3 Å². The van der Waals surface area contributed by atoms with Crippen LogP contribution in [0.4, 0.5) is 0 Å². The second-order valence-electron chi connectivity index (χ2n) is 2.96. The molecule has 1 aromatic carbocycles. The predicted molar refractivity (Wildman–Crippen MR) is 51.9 cm³/mol. The Morgan fingerprint density at radius 1 is 1.50 bits per heavy atom. The Balaban J connectivity index is 2.81. The summed E-state index contributed by atoms with van der Waals surface area (Å²) in [6, 6.07) is 8.67. The maximum Gasteiger partial charge on any atom is 0.363 e. The second-order valence-corrected chi connectivity index (χ2v) is 2.96. The molecule has 3 N–H and O–H groups in total. The third kappa shape index (κ3) is 2.23. The molecule has 4 heteroatoms. The number of benzene rings is 1. The van der Waals surface area contributed by atoms with E-state index in [1.165, 1.54) is 0 Å². The molecule has 0 aromatic heterocycles. The fraction of sp³-hybridized carbons (Fsp3) is 0.300. The molecule has 1 aromatic rings. The van der Waals surface area contributed by atoms with E-state index in [0.29, 0.717) is 5.75 Å². The number of aliphatic carboxylic acids is 1. The average molecular weight is 195 g/mol. The normalized spacial score (nSPS) is 14.4. The van der Waals surface area contributed by atoms with Crippen LogP contribution in [0.25, 0.3) is 0 Å². The molecule has 0 aliphatic heterocycles. The van der Waals surface area contributed by atoms with Gasteiger partial charge in [-0.1, -0.05) is 25.1 Å². The maximum absolute atomic E-state index is 10.8. The molecule has 0 spiro atoms. The lowest BCUT2D eigenvalue weighted by Gasteiger charge is -2.24. The smallest absolute Gasteiger partial charge is 0.363 e. The van der Waals surface area contributed by atoms with Crippen LogP contribution in [0.2, 0.25) is 0 Å². The Kier molecular flexibility index (Phi) is 3.09. The Bertz CT molecular complexity index is 312. The third-order valence-electron chi connectivity index (χ3n) is 1.93. The molecule has 0 radical (unpaired) electrons. The summed E-state index contributed by atoms with van der Waals surface area (Å²) < 4.78 is 5.19. The first kappa shape index (κ1) is 10.5. The number of carbonyl (C=O) groups is 1. The predicted octanol–water partition coefficient (Wildman–Crippen LogP) is 1.22. The van der Waals surface area contributed by atoms with E-state index in [4.69, 9.17) is 15.6 Å². The Labute approximate surface area is 82.3 Å². The zero-order chi connectivity index (χ0) is 10.6. The van der Waals surface area contributed by atoms with Gasteiger partial charge in [0.2, 0.25) is 0 Å². The van der Waals surface area contributed by atoms with Crippen molar-refractivity contribution in [3.8, 4) is 5.75 Å². The summed E-state index contributed by atoms with van der Waals surface area (Å²) in [5.41, 5.74) is 3.91. The average Bonchev–Trinajstić information content (AvgIpc) is 2.19. The van der Waals surface area contributed by atoms with E-state index < -0.39 is 11.7 Å². The molecule has 76 valence electrons. The van der Waals surface area contributed by atoms with E-state index in [1.807, 2.05) is 6.07 Å². The zero-order valence-electron chi connectivity index (χ0n) is 7.93. The van der Waals surface area contributed by atoms with Gasteiger partial charge in [-0.05, 0) is 12.1 Å². The quantitative estimate of drug-likeness (QED) is 0.708. The van der Waals surface area contributed by atoms with Crippen molar-refractivity contribution in [3.05, 3.63) is 30.3 Å². The van der Waals surface area contributed by atoms with Gasteiger partial charge in [-0.25, -0.2) is 4.79 Å². The number of carboxylic acids is 1. The standard InChI is InChI=1S/C10H13NO3/c1-2-10(11,9(12)13)14-8-6-4-3-5-7-8/h3-7H,2,11H2,1H3,(H,12,13). The second kappa shape index (κ2) is 4.11. The first-order chi connectivity index (χ1) is 6.58. The van der Waals surface area contributed by atoms with Crippen LogP contribution >= 0.6 is 0 Å². The highest BCUT2D eigenvalue weighted by Gasteiger charge is 2.34. The largest absolute Gasteiger partial charge is 0.477 e. The van der Waals surface area contributed by atoms with Crippen LogP contribution in [0.3, 0.4) is 0 Å². The van der Waals surface area contributed by atoms with Gasteiger partial charge < -0.3 is 9.84 Å². The molecule has 1 unspecified atom stereocenters. The summed E-state index contributed by atoms with van der Waals surface area (Å²) in [4.78, 5) is 10.8. The first-order valence-electron chi connectivity index (χ1n) is 4.35. The molecule has 0 heterocycles. The van der Waals surface area contributed by atoms with Crippen LogP contribution in [-0.4, -0.2) is 16.8 Å². The molecule has 0 aliphatic carbocycles. The van der Waals surface area contributed by atoms with Gasteiger partial charge in [0, 0.05) is 6.42 Å². The summed E-state index contributed by atoms with van der Waals surface area (Å²) in [5, 5.41) is 8.84. The monoisotopic (exact) mass is 195 g/mol. The molecule has 1 rings (SSSR count). The minimum Gasteiger partial charge on any atom is -0.477 e. The minimum atomic E-state index is -1.64. The van der Waals surface area contributed by atoms with Crippen molar-refractivity contribution in [3.63, 3.8) is 0 Å². The van der Waals surface area contributed by atoms with E-state index in [-0.39, 0.29) is 6.42 Å². The molecule has 0 aliphatic rings. The van der Waals surface area contributed by atoms with Gasteiger partial charge >= 0.3 is 5.97 Å². The summed E-state index contributed by atoms with van der Waals surface area (Å²) in [6.07, 6.45) is 0.206. The van der Waals surface area contributed by atoms with E-state index >= 15 is 0 Å².